The Kier molecular flexibility index (Phi) is 4.77. The molecule has 0 saturated heterocycles. The van der Waals surface area contributed by atoms with Gasteiger partial charge in [0.15, 0.2) is 6.29 Å². The van der Waals surface area contributed by atoms with Gasteiger partial charge in [0.2, 0.25) is 0 Å². The van der Waals surface area contributed by atoms with E-state index in [2.05, 4.69) is 0 Å². The zero-order valence-electron chi connectivity index (χ0n) is 10.4. The molecule has 0 aliphatic heterocycles. The predicted molar refractivity (Wildman–Crippen MR) is 75.7 cm³/mol. The standard InChI is InChI=1S/C14H13ClO4S/c15-20(17,18)13-8-4-7-12(9-13)14(16)19-10-11-5-2-1-3-6-11/h1-9,14,16H,10H2. The number of aliphatic hydroxyl groups is 1. The molecule has 2 aromatic carbocycles. The summed E-state index contributed by atoms with van der Waals surface area (Å²) in [6, 6.07) is 15.1. The second kappa shape index (κ2) is 6.37. The van der Waals surface area contributed by atoms with E-state index in [4.69, 9.17) is 15.4 Å². The van der Waals surface area contributed by atoms with Crippen LogP contribution in [0.3, 0.4) is 0 Å². The summed E-state index contributed by atoms with van der Waals surface area (Å²) in [6.45, 7) is 0.222. The Balaban J connectivity index is 2.08. The molecule has 20 heavy (non-hydrogen) atoms. The lowest BCUT2D eigenvalue weighted by Crippen LogP contribution is -2.04. The van der Waals surface area contributed by atoms with Gasteiger partial charge in [-0.05, 0) is 17.7 Å². The summed E-state index contributed by atoms with van der Waals surface area (Å²) >= 11 is 0. The molecule has 0 amide bonds. The maximum atomic E-state index is 11.2. The van der Waals surface area contributed by atoms with Crippen LogP contribution in [0.2, 0.25) is 0 Å². The van der Waals surface area contributed by atoms with Crippen molar-refractivity contribution in [1.29, 1.82) is 0 Å². The Morgan fingerprint density at radius 2 is 1.80 bits per heavy atom. The summed E-state index contributed by atoms with van der Waals surface area (Å²) < 4.78 is 27.8. The Morgan fingerprint density at radius 3 is 2.45 bits per heavy atom. The molecule has 0 fully saturated rings. The molecular weight excluding hydrogens is 300 g/mol. The minimum atomic E-state index is -3.82. The largest absolute Gasteiger partial charge is 0.364 e. The average Bonchev–Trinajstić information content (AvgIpc) is 2.45. The van der Waals surface area contributed by atoms with E-state index in [0.29, 0.717) is 5.56 Å². The van der Waals surface area contributed by atoms with Crippen molar-refractivity contribution < 1.29 is 18.3 Å². The van der Waals surface area contributed by atoms with Crippen molar-refractivity contribution in [2.75, 3.05) is 0 Å². The minimum Gasteiger partial charge on any atom is -0.364 e. The summed E-state index contributed by atoms with van der Waals surface area (Å²) in [5.74, 6) is 0. The SMILES string of the molecule is O=S(=O)(Cl)c1cccc(C(O)OCc2ccccc2)c1. The smallest absolute Gasteiger partial charge is 0.261 e. The van der Waals surface area contributed by atoms with Crippen LogP contribution in [0.25, 0.3) is 0 Å². The van der Waals surface area contributed by atoms with Crippen molar-refractivity contribution >= 4 is 19.7 Å². The second-order valence-electron chi connectivity index (χ2n) is 4.16. The summed E-state index contributed by atoms with van der Waals surface area (Å²) in [4.78, 5) is -0.0703. The maximum absolute atomic E-state index is 11.2. The number of benzene rings is 2. The van der Waals surface area contributed by atoms with Gasteiger partial charge in [0.25, 0.3) is 9.05 Å². The van der Waals surface area contributed by atoms with Gasteiger partial charge in [-0.1, -0.05) is 42.5 Å². The zero-order chi connectivity index (χ0) is 14.6. The molecule has 0 heterocycles. The fraction of sp³-hybridized carbons (Fsp3) is 0.143. The molecule has 1 N–H and O–H groups in total. The van der Waals surface area contributed by atoms with Crippen molar-refractivity contribution in [2.45, 2.75) is 17.8 Å². The Labute approximate surface area is 122 Å². The predicted octanol–water partition coefficient (Wildman–Crippen LogP) is 2.82. The topological polar surface area (TPSA) is 63.6 Å². The zero-order valence-corrected chi connectivity index (χ0v) is 12.0. The molecule has 4 nitrogen and oxygen atoms in total. The molecule has 0 bridgehead atoms. The molecule has 2 aromatic rings. The van der Waals surface area contributed by atoms with E-state index in [1.165, 1.54) is 18.2 Å². The van der Waals surface area contributed by atoms with E-state index in [1.807, 2.05) is 30.3 Å². The molecule has 1 atom stereocenters. The van der Waals surface area contributed by atoms with Crippen LogP contribution in [-0.4, -0.2) is 13.5 Å². The van der Waals surface area contributed by atoms with Crippen molar-refractivity contribution in [2.24, 2.45) is 0 Å². The Hall–Kier alpha value is -1.40. The van der Waals surface area contributed by atoms with Crippen LogP contribution in [0.15, 0.2) is 59.5 Å². The number of ether oxygens (including phenoxy) is 1. The van der Waals surface area contributed by atoms with E-state index in [1.54, 1.807) is 6.07 Å². The third-order valence-corrected chi connectivity index (χ3v) is 4.03. The Morgan fingerprint density at radius 1 is 1.10 bits per heavy atom. The molecule has 2 rings (SSSR count). The van der Waals surface area contributed by atoms with Gasteiger partial charge >= 0.3 is 0 Å². The van der Waals surface area contributed by atoms with Crippen molar-refractivity contribution in [3.8, 4) is 0 Å². The molecular formula is C14H13ClO4S. The van der Waals surface area contributed by atoms with E-state index in [0.717, 1.165) is 5.56 Å². The first-order valence-corrected chi connectivity index (χ1v) is 8.16. The number of rotatable bonds is 5. The van der Waals surface area contributed by atoms with Crippen molar-refractivity contribution in [3.05, 3.63) is 65.7 Å². The first-order valence-electron chi connectivity index (χ1n) is 5.85. The van der Waals surface area contributed by atoms with Crippen LogP contribution < -0.4 is 0 Å². The third kappa shape index (κ3) is 4.05. The van der Waals surface area contributed by atoms with Gasteiger partial charge in [-0.3, -0.25) is 0 Å². The van der Waals surface area contributed by atoms with Crippen LogP contribution in [0.4, 0.5) is 0 Å². The van der Waals surface area contributed by atoms with Crippen LogP contribution >= 0.6 is 10.7 Å². The fourth-order valence-electron chi connectivity index (χ4n) is 1.67. The van der Waals surface area contributed by atoms with Gasteiger partial charge in [-0.25, -0.2) is 8.42 Å². The first-order chi connectivity index (χ1) is 9.47. The summed E-state index contributed by atoms with van der Waals surface area (Å²) in [7, 11) is 1.44. The third-order valence-electron chi connectivity index (χ3n) is 2.68. The van der Waals surface area contributed by atoms with Crippen LogP contribution in [0.1, 0.15) is 17.4 Å². The lowest BCUT2D eigenvalue weighted by atomic mass is 10.2. The normalized spacial score (nSPS) is 13.1. The van der Waals surface area contributed by atoms with Crippen molar-refractivity contribution in [3.63, 3.8) is 0 Å². The van der Waals surface area contributed by atoms with E-state index in [-0.39, 0.29) is 11.5 Å². The summed E-state index contributed by atoms with van der Waals surface area (Å²) in [6.07, 6.45) is -1.21. The highest BCUT2D eigenvalue weighted by Gasteiger charge is 2.14. The molecule has 106 valence electrons. The monoisotopic (exact) mass is 312 g/mol. The van der Waals surface area contributed by atoms with Gasteiger partial charge in [-0.2, -0.15) is 0 Å². The summed E-state index contributed by atoms with van der Waals surface area (Å²) in [5.41, 5.74) is 1.25. The molecule has 1 unspecified atom stereocenters. The number of hydrogen-bond acceptors (Lipinski definition) is 4. The van der Waals surface area contributed by atoms with Crippen LogP contribution in [-0.2, 0) is 20.4 Å². The molecule has 0 saturated carbocycles. The highest BCUT2D eigenvalue weighted by molar-refractivity contribution is 8.13. The number of halogens is 1. The quantitative estimate of drug-likeness (QED) is 0.681. The molecule has 0 aromatic heterocycles. The lowest BCUT2D eigenvalue weighted by Gasteiger charge is -2.13. The Bertz CT molecular complexity index is 671. The molecule has 0 aliphatic rings. The van der Waals surface area contributed by atoms with Crippen molar-refractivity contribution in [1.82, 2.24) is 0 Å². The van der Waals surface area contributed by atoms with Crippen LogP contribution in [0.5, 0.6) is 0 Å². The van der Waals surface area contributed by atoms with E-state index >= 15 is 0 Å². The summed E-state index contributed by atoms with van der Waals surface area (Å²) in [5, 5.41) is 9.91. The molecule has 6 heteroatoms. The highest BCUT2D eigenvalue weighted by Crippen LogP contribution is 2.22. The van der Waals surface area contributed by atoms with E-state index in [9.17, 15) is 13.5 Å². The molecule has 0 aliphatic carbocycles. The van der Waals surface area contributed by atoms with E-state index < -0.39 is 15.3 Å². The molecule has 0 spiro atoms. The number of hydrogen-bond donors (Lipinski definition) is 1. The maximum Gasteiger partial charge on any atom is 0.261 e. The van der Waals surface area contributed by atoms with Gasteiger partial charge in [-0.15, -0.1) is 0 Å². The second-order valence-corrected chi connectivity index (χ2v) is 6.73. The highest BCUT2D eigenvalue weighted by atomic mass is 35.7. The van der Waals surface area contributed by atoms with Gasteiger partial charge in [0.1, 0.15) is 0 Å². The van der Waals surface area contributed by atoms with Crippen LogP contribution in [0, 0.1) is 0 Å². The minimum absolute atomic E-state index is 0.0703. The van der Waals surface area contributed by atoms with Gasteiger partial charge < -0.3 is 9.84 Å². The first kappa shape index (κ1) is 15.0. The lowest BCUT2D eigenvalue weighted by molar-refractivity contribution is -0.112. The number of aliphatic hydroxyl groups excluding tert-OH is 1. The fourth-order valence-corrected chi connectivity index (χ4v) is 2.47. The molecule has 0 radical (unpaired) electrons. The van der Waals surface area contributed by atoms with Gasteiger partial charge in [0, 0.05) is 16.2 Å². The average molecular weight is 313 g/mol. The van der Waals surface area contributed by atoms with Gasteiger partial charge in [0.05, 0.1) is 11.5 Å².